The average Bonchev–Trinajstić information content (AvgIpc) is 2.52. The Morgan fingerprint density at radius 1 is 1.04 bits per heavy atom. The van der Waals surface area contributed by atoms with Crippen molar-refractivity contribution in [3.8, 4) is 5.75 Å². The largest absolute Gasteiger partial charge is 0.483 e. The van der Waals surface area contributed by atoms with E-state index in [0.29, 0.717) is 0 Å². The summed E-state index contributed by atoms with van der Waals surface area (Å²) in [5, 5.41) is 20.9. The molecular formula is C16H15F2NO4. The number of halogens is 2. The Bertz CT molecular complexity index is 681. The highest BCUT2D eigenvalue weighted by molar-refractivity contribution is 5.91. The third kappa shape index (κ3) is 4.48. The molecule has 122 valence electrons. The lowest BCUT2D eigenvalue weighted by Crippen LogP contribution is -2.21. The molecule has 0 aliphatic heterocycles. The van der Waals surface area contributed by atoms with Gasteiger partial charge in [0.1, 0.15) is 17.4 Å². The Hall–Kier alpha value is -2.51. The van der Waals surface area contributed by atoms with Crippen LogP contribution in [-0.2, 0) is 18.0 Å². The Balaban J connectivity index is 2.07. The number of hydrogen-bond donors (Lipinski definition) is 3. The highest BCUT2D eigenvalue weighted by Crippen LogP contribution is 2.26. The molecular weight excluding hydrogens is 308 g/mol. The van der Waals surface area contributed by atoms with Gasteiger partial charge in [-0.2, -0.15) is 0 Å². The first-order chi connectivity index (χ1) is 11.0. The first-order valence-corrected chi connectivity index (χ1v) is 6.74. The van der Waals surface area contributed by atoms with E-state index in [2.05, 4.69) is 5.32 Å². The predicted octanol–water partition coefficient (Wildman–Crippen LogP) is 1.97. The van der Waals surface area contributed by atoms with E-state index >= 15 is 0 Å². The molecule has 0 fully saturated rings. The summed E-state index contributed by atoms with van der Waals surface area (Å²) in [4.78, 5) is 11.8. The molecule has 5 nitrogen and oxygen atoms in total. The first kappa shape index (κ1) is 16.9. The molecule has 2 aromatic rings. The summed E-state index contributed by atoms with van der Waals surface area (Å²) < 4.78 is 31.6. The molecule has 0 bridgehead atoms. The monoisotopic (exact) mass is 323 g/mol. The van der Waals surface area contributed by atoms with E-state index in [4.69, 9.17) is 4.74 Å². The number of amides is 1. The Morgan fingerprint density at radius 3 is 2.26 bits per heavy atom. The summed E-state index contributed by atoms with van der Waals surface area (Å²) in [7, 11) is 0. The number of benzene rings is 2. The fraction of sp³-hybridized carbons (Fsp3) is 0.188. The maximum Gasteiger partial charge on any atom is 0.262 e. The van der Waals surface area contributed by atoms with Gasteiger partial charge in [-0.1, -0.05) is 6.07 Å². The van der Waals surface area contributed by atoms with Crippen LogP contribution < -0.4 is 10.1 Å². The van der Waals surface area contributed by atoms with Gasteiger partial charge in [0.05, 0.1) is 13.2 Å². The van der Waals surface area contributed by atoms with Gasteiger partial charge in [0.15, 0.2) is 6.61 Å². The molecule has 7 heteroatoms. The zero-order valence-electron chi connectivity index (χ0n) is 12.1. The van der Waals surface area contributed by atoms with Crippen LogP contribution in [0, 0.1) is 11.6 Å². The molecule has 23 heavy (non-hydrogen) atoms. The number of aliphatic hydroxyl groups is 2. The van der Waals surface area contributed by atoms with Crippen molar-refractivity contribution in [1.29, 1.82) is 0 Å². The number of anilines is 1. The lowest BCUT2D eigenvalue weighted by atomic mass is 10.1. The van der Waals surface area contributed by atoms with Crippen LogP contribution in [0.25, 0.3) is 0 Å². The number of hydrogen-bond acceptors (Lipinski definition) is 4. The smallest absolute Gasteiger partial charge is 0.262 e. The normalized spacial score (nSPS) is 10.4. The highest BCUT2D eigenvalue weighted by Gasteiger charge is 2.13. The van der Waals surface area contributed by atoms with Crippen molar-refractivity contribution in [2.24, 2.45) is 0 Å². The zero-order valence-corrected chi connectivity index (χ0v) is 12.1. The van der Waals surface area contributed by atoms with Gasteiger partial charge in [-0.3, -0.25) is 4.79 Å². The lowest BCUT2D eigenvalue weighted by molar-refractivity contribution is -0.118. The number of aliphatic hydroxyl groups excluding tert-OH is 2. The summed E-state index contributed by atoms with van der Waals surface area (Å²) in [6.45, 7) is -1.46. The van der Waals surface area contributed by atoms with Crippen LogP contribution in [0.15, 0.2) is 36.4 Å². The van der Waals surface area contributed by atoms with Crippen molar-refractivity contribution in [3.63, 3.8) is 0 Å². The van der Waals surface area contributed by atoms with Gasteiger partial charge in [-0.25, -0.2) is 8.78 Å². The van der Waals surface area contributed by atoms with Crippen LogP contribution in [0.3, 0.4) is 0 Å². The van der Waals surface area contributed by atoms with Crippen LogP contribution in [0.2, 0.25) is 0 Å². The highest BCUT2D eigenvalue weighted by atomic mass is 19.1. The minimum Gasteiger partial charge on any atom is -0.483 e. The Morgan fingerprint density at radius 2 is 1.70 bits per heavy atom. The van der Waals surface area contributed by atoms with E-state index < -0.39 is 37.4 Å². The quantitative estimate of drug-likeness (QED) is 0.759. The van der Waals surface area contributed by atoms with Gasteiger partial charge >= 0.3 is 0 Å². The third-order valence-electron chi connectivity index (χ3n) is 3.00. The molecule has 0 aromatic heterocycles. The van der Waals surface area contributed by atoms with Gasteiger partial charge in [-0.15, -0.1) is 0 Å². The van der Waals surface area contributed by atoms with Gasteiger partial charge in [0.25, 0.3) is 5.91 Å². The van der Waals surface area contributed by atoms with Gasteiger partial charge < -0.3 is 20.3 Å². The molecule has 0 unspecified atom stereocenters. The molecule has 2 aromatic carbocycles. The molecule has 0 radical (unpaired) electrons. The molecule has 3 N–H and O–H groups in total. The Labute approximate surface area is 131 Å². The van der Waals surface area contributed by atoms with Crippen LogP contribution in [-0.4, -0.2) is 22.7 Å². The molecule has 0 saturated heterocycles. The zero-order chi connectivity index (χ0) is 16.8. The second kappa shape index (κ2) is 7.66. The predicted molar refractivity (Wildman–Crippen MR) is 78.8 cm³/mol. The standard InChI is InChI=1S/C16H15F2NO4/c17-12-2-1-3-14(6-12)19-15(22)9-23-16-10(7-20)4-13(18)5-11(16)8-21/h1-6,20-21H,7-9H2,(H,19,22). The van der Waals surface area contributed by atoms with Crippen molar-refractivity contribution in [3.05, 3.63) is 59.2 Å². The molecule has 1 amide bonds. The molecule has 0 atom stereocenters. The second-order valence-electron chi connectivity index (χ2n) is 4.72. The molecule has 0 spiro atoms. The van der Waals surface area contributed by atoms with Crippen molar-refractivity contribution >= 4 is 11.6 Å². The molecule has 0 aliphatic rings. The van der Waals surface area contributed by atoms with Crippen molar-refractivity contribution in [2.75, 3.05) is 11.9 Å². The van der Waals surface area contributed by atoms with Crippen LogP contribution >= 0.6 is 0 Å². The SMILES string of the molecule is O=C(COc1c(CO)cc(F)cc1CO)Nc1cccc(F)c1. The van der Waals surface area contributed by atoms with Crippen LogP contribution in [0.4, 0.5) is 14.5 Å². The third-order valence-corrected chi connectivity index (χ3v) is 3.00. The summed E-state index contributed by atoms with van der Waals surface area (Å²) in [5.41, 5.74) is 0.502. The summed E-state index contributed by atoms with van der Waals surface area (Å²) >= 11 is 0. The van der Waals surface area contributed by atoms with Crippen molar-refractivity contribution < 1.29 is 28.5 Å². The molecule has 0 saturated carbocycles. The minimum absolute atomic E-state index is 0.0470. The van der Waals surface area contributed by atoms with Gasteiger partial charge in [0.2, 0.25) is 0 Å². The van der Waals surface area contributed by atoms with Gasteiger partial charge in [0, 0.05) is 16.8 Å². The van der Waals surface area contributed by atoms with E-state index in [0.717, 1.165) is 18.2 Å². The number of carbonyl (C=O) groups is 1. The van der Waals surface area contributed by atoms with Crippen LogP contribution in [0.1, 0.15) is 11.1 Å². The minimum atomic E-state index is -0.630. The number of nitrogens with one attached hydrogen (secondary N) is 1. The van der Waals surface area contributed by atoms with Gasteiger partial charge in [-0.05, 0) is 30.3 Å². The topological polar surface area (TPSA) is 78.8 Å². The van der Waals surface area contributed by atoms with Crippen molar-refractivity contribution in [2.45, 2.75) is 13.2 Å². The van der Waals surface area contributed by atoms with E-state index in [-0.39, 0.29) is 22.6 Å². The van der Waals surface area contributed by atoms with E-state index in [1.807, 2.05) is 0 Å². The molecule has 2 rings (SSSR count). The van der Waals surface area contributed by atoms with E-state index in [9.17, 15) is 23.8 Å². The summed E-state index contributed by atoms with van der Waals surface area (Å²) in [5.74, 6) is -1.64. The van der Waals surface area contributed by atoms with E-state index in [1.165, 1.54) is 18.2 Å². The lowest BCUT2D eigenvalue weighted by Gasteiger charge is -2.14. The molecule has 0 heterocycles. The van der Waals surface area contributed by atoms with E-state index in [1.54, 1.807) is 0 Å². The average molecular weight is 323 g/mol. The number of rotatable bonds is 6. The number of carbonyl (C=O) groups excluding carboxylic acids is 1. The van der Waals surface area contributed by atoms with Crippen molar-refractivity contribution in [1.82, 2.24) is 0 Å². The number of ether oxygens (including phenoxy) is 1. The fourth-order valence-corrected chi connectivity index (χ4v) is 2.03. The molecule has 0 aliphatic carbocycles. The summed E-state index contributed by atoms with van der Waals surface area (Å²) in [6, 6.07) is 7.45. The Kier molecular flexibility index (Phi) is 5.61. The first-order valence-electron chi connectivity index (χ1n) is 6.74. The fourth-order valence-electron chi connectivity index (χ4n) is 2.03. The maximum atomic E-state index is 13.3. The second-order valence-corrected chi connectivity index (χ2v) is 4.72. The summed E-state index contributed by atoms with van der Waals surface area (Å²) in [6.07, 6.45) is 0. The maximum absolute atomic E-state index is 13.3. The van der Waals surface area contributed by atoms with Crippen LogP contribution in [0.5, 0.6) is 5.75 Å².